The molecule has 1 aromatic heterocycles. The molecule has 0 unspecified atom stereocenters. The van der Waals surface area contributed by atoms with Crippen LogP contribution in [0.5, 0.6) is 0 Å². The van der Waals surface area contributed by atoms with Gasteiger partial charge in [-0.1, -0.05) is 18.2 Å². The molecular weight excluding hydrogens is 122 g/mol. The number of rotatable bonds is 0. The molecule has 0 bridgehead atoms. The van der Waals surface area contributed by atoms with Crippen molar-refractivity contribution in [2.24, 2.45) is 7.05 Å². The summed E-state index contributed by atoms with van der Waals surface area (Å²) in [6.45, 7) is 0. The van der Waals surface area contributed by atoms with Crippen LogP contribution in [0, 0.1) is 6.07 Å². The number of nitrogens with zero attached hydrogens (tertiary/aromatic N) is 1. The molecule has 49 valence electrons. The van der Waals surface area contributed by atoms with Gasteiger partial charge in [0.2, 0.25) is 0 Å². The molecule has 1 radical (unpaired) electrons. The monoisotopic (exact) mass is 130 g/mol. The average Bonchev–Trinajstić information content (AvgIpc) is 2.34. The molecular formula is C9H8N. The summed E-state index contributed by atoms with van der Waals surface area (Å²) in [6, 6.07) is 11.4. The van der Waals surface area contributed by atoms with Gasteiger partial charge in [0.05, 0.1) is 0 Å². The number of hydrogen-bond donors (Lipinski definition) is 0. The number of aromatic nitrogens is 1. The number of hydrogen-bond acceptors (Lipinski definition) is 0. The maximum absolute atomic E-state index is 3.15. The highest BCUT2D eigenvalue weighted by Gasteiger charge is 1.92. The van der Waals surface area contributed by atoms with E-state index in [1.807, 2.05) is 25.4 Å². The van der Waals surface area contributed by atoms with Crippen molar-refractivity contribution in [3.63, 3.8) is 0 Å². The number of para-hydroxylation sites is 1. The molecule has 0 aliphatic heterocycles. The van der Waals surface area contributed by atoms with Crippen LogP contribution in [0.15, 0.2) is 30.5 Å². The SMILES string of the molecule is Cn1c[c]c2ccccc21. The second kappa shape index (κ2) is 1.87. The number of aryl methyl sites for hydroxylation is 1. The zero-order chi connectivity index (χ0) is 6.97. The second-order valence-electron chi connectivity index (χ2n) is 2.40. The third-order valence-electron chi connectivity index (χ3n) is 1.70. The van der Waals surface area contributed by atoms with Gasteiger partial charge in [-0.05, 0) is 6.07 Å². The maximum atomic E-state index is 3.15. The standard InChI is InChI=1S/C9H8N/c1-10-7-6-8-4-2-3-5-9(8)10/h2-5,7H,1H3. The van der Waals surface area contributed by atoms with Gasteiger partial charge in [0.25, 0.3) is 0 Å². The first-order chi connectivity index (χ1) is 4.88. The molecule has 2 rings (SSSR count). The van der Waals surface area contributed by atoms with Gasteiger partial charge in [0, 0.05) is 30.2 Å². The normalized spacial score (nSPS) is 10.5. The van der Waals surface area contributed by atoms with E-state index >= 15 is 0 Å². The first kappa shape index (κ1) is 5.54. The van der Waals surface area contributed by atoms with E-state index in [9.17, 15) is 0 Å². The van der Waals surface area contributed by atoms with Crippen molar-refractivity contribution in [1.82, 2.24) is 4.57 Å². The molecule has 1 aromatic carbocycles. The highest BCUT2D eigenvalue weighted by Crippen LogP contribution is 2.11. The lowest BCUT2D eigenvalue weighted by atomic mass is 10.2. The molecule has 0 saturated carbocycles. The van der Waals surface area contributed by atoms with Crippen molar-refractivity contribution < 1.29 is 0 Å². The summed E-state index contributed by atoms with van der Waals surface area (Å²) in [7, 11) is 2.03. The Hall–Kier alpha value is -1.24. The van der Waals surface area contributed by atoms with E-state index in [0.717, 1.165) is 0 Å². The summed E-state index contributed by atoms with van der Waals surface area (Å²) in [5.41, 5.74) is 1.24. The predicted molar refractivity (Wildman–Crippen MR) is 41.8 cm³/mol. The van der Waals surface area contributed by atoms with Crippen LogP contribution in [0.3, 0.4) is 0 Å². The minimum atomic E-state index is 1.19. The molecule has 1 heterocycles. The summed E-state index contributed by atoms with van der Waals surface area (Å²) in [5.74, 6) is 0. The molecule has 0 aliphatic rings. The minimum absolute atomic E-state index is 1.19. The Labute approximate surface area is 59.9 Å². The van der Waals surface area contributed by atoms with Crippen molar-refractivity contribution in [2.75, 3.05) is 0 Å². The van der Waals surface area contributed by atoms with E-state index in [-0.39, 0.29) is 0 Å². The molecule has 0 amide bonds. The van der Waals surface area contributed by atoms with E-state index in [1.54, 1.807) is 0 Å². The van der Waals surface area contributed by atoms with Crippen LogP contribution >= 0.6 is 0 Å². The van der Waals surface area contributed by atoms with Crippen molar-refractivity contribution in [3.05, 3.63) is 36.5 Å². The van der Waals surface area contributed by atoms with Crippen molar-refractivity contribution in [1.29, 1.82) is 0 Å². The van der Waals surface area contributed by atoms with E-state index in [2.05, 4.69) is 22.8 Å². The van der Waals surface area contributed by atoms with Crippen molar-refractivity contribution in [2.45, 2.75) is 0 Å². The van der Waals surface area contributed by atoms with Gasteiger partial charge in [0.15, 0.2) is 0 Å². The van der Waals surface area contributed by atoms with Gasteiger partial charge in [-0.15, -0.1) is 0 Å². The zero-order valence-corrected chi connectivity index (χ0v) is 5.83. The topological polar surface area (TPSA) is 4.93 Å². The summed E-state index contributed by atoms with van der Waals surface area (Å²) in [4.78, 5) is 0. The van der Waals surface area contributed by atoms with Crippen LogP contribution in [0.2, 0.25) is 0 Å². The van der Waals surface area contributed by atoms with Gasteiger partial charge in [0.1, 0.15) is 0 Å². The quantitative estimate of drug-likeness (QED) is 0.514. The maximum Gasteiger partial charge on any atom is 0.0484 e. The highest BCUT2D eigenvalue weighted by atomic mass is 14.9. The van der Waals surface area contributed by atoms with Crippen LogP contribution in [0.25, 0.3) is 10.9 Å². The fraction of sp³-hybridized carbons (Fsp3) is 0.111. The molecule has 0 aliphatic carbocycles. The Morgan fingerprint density at radius 2 is 2.10 bits per heavy atom. The smallest absolute Gasteiger partial charge is 0.0484 e. The van der Waals surface area contributed by atoms with Gasteiger partial charge in [-0.25, -0.2) is 0 Å². The lowest BCUT2D eigenvalue weighted by Gasteiger charge is -1.92. The molecule has 0 fully saturated rings. The summed E-state index contributed by atoms with van der Waals surface area (Å²) >= 11 is 0. The predicted octanol–water partition coefficient (Wildman–Crippen LogP) is 1.98. The molecule has 2 aromatic rings. The molecule has 1 nitrogen and oxygen atoms in total. The Morgan fingerprint density at radius 1 is 1.30 bits per heavy atom. The highest BCUT2D eigenvalue weighted by molar-refractivity contribution is 5.79. The first-order valence-electron chi connectivity index (χ1n) is 3.30. The van der Waals surface area contributed by atoms with Crippen LogP contribution in [0.1, 0.15) is 0 Å². The third kappa shape index (κ3) is 0.637. The second-order valence-corrected chi connectivity index (χ2v) is 2.40. The van der Waals surface area contributed by atoms with Crippen LogP contribution in [-0.2, 0) is 7.05 Å². The van der Waals surface area contributed by atoms with E-state index in [4.69, 9.17) is 0 Å². The van der Waals surface area contributed by atoms with Crippen LogP contribution < -0.4 is 0 Å². The Morgan fingerprint density at radius 3 is 2.90 bits per heavy atom. The van der Waals surface area contributed by atoms with Gasteiger partial charge < -0.3 is 4.57 Å². The Bertz CT molecular complexity index is 346. The summed E-state index contributed by atoms with van der Waals surface area (Å²) in [5, 5.41) is 1.19. The van der Waals surface area contributed by atoms with Crippen LogP contribution in [0.4, 0.5) is 0 Å². The Balaban J connectivity index is 2.93. The lowest BCUT2D eigenvalue weighted by Crippen LogP contribution is -1.81. The average molecular weight is 130 g/mol. The van der Waals surface area contributed by atoms with Gasteiger partial charge in [-0.2, -0.15) is 0 Å². The summed E-state index contributed by atoms with van der Waals surface area (Å²) in [6.07, 6.45) is 1.95. The Kier molecular flexibility index (Phi) is 1.04. The number of benzene rings is 1. The molecule has 0 spiro atoms. The minimum Gasteiger partial charge on any atom is -0.350 e. The van der Waals surface area contributed by atoms with Crippen LogP contribution in [-0.4, -0.2) is 4.57 Å². The molecule has 10 heavy (non-hydrogen) atoms. The van der Waals surface area contributed by atoms with E-state index in [1.165, 1.54) is 10.9 Å². The molecule has 1 heteroatoms. The fourth-order valence-corrected chi connectivity index (χ4v) is 1.14. The van der Waals surface area contributed by atoms with Gasteiger partial charge in [-0.3, -0.25) is 0 Å². The number of fused-ring (bicyclic) bond motifs is 1. The first-order valence-corrected chi connectivity index (χ1v) is 3.30. The van der Waals surface area contributed by atoms with Crippen molar-refractivity contribution >= 4 is 10.9 Å². The van der Waals surface area contributed by atoms with Crippen molar-refractivity contribution in [3.8, 4) is 0 Å². The largest absolute Gasteiger partial charge is 0.350 e. The summed E-state index contributed by atoms with van der Waals surface area (Å²) < 4.78 is 2.06. The van der Waals surface area contributed by atoms with E-state index < -0.39 is 0 Å². The zero-order valence-electron chi connectivity index (χ0n) is 5.83. The fourth-order valence-electron chi connectivity index (χ4n) is 1.14. The molecule has 0 atom stereocenters. The third-order valence-corrected chi connectivity index (χ3v) is 1.70. The molecule has 0 N–H and O–H groups in total. The molecule has 0 saturated heterocycles. The van der Waals surface area contributed by atoms with Gasteiger partial charge >= 0.3 is 0 Å². The lowest BCUT2D eigenvalue weighted by molar-refractivity contribution is 0.968. The van der Waals surface area contributed by atoms with E-state index in [0.29, 0.717) is 0 Å².